The summed E-state index contributed by atoms with van der Waals surface area (Å²) >= 11 is 0. The fourth-order valence-corrected chi connectivity index (χ4v) is 6.75. The number of hydrogen-bond donors (Lipinski definition) is 1. The molecular formula is C18H32B3O6P3. The topological polar surface area (TPSA) is 66.4 Å². The van der Waals surface area contributed by atoms with Crippen LogP contribution in [0, 0.1) is 0 Å². The highest BCUT2D eigenvalue weighted by molar-refractivity contribution is 7.32. The molecule has 3 fully saturated rings. The van der Waals surface area contributed by atoms with Gasteiger partial charge in [0.2, 0.25) is 0 Å². The third kappa shape index (κ3) is 7.12. The molecule has 3 rings (SSSR count). The van der Waals surface area contributed by atoms with Crippen molar-refractivity contribution in [1.82, 2.24) is 0 Å². The molecular weight excluding hydrogens is 438 g/mol. The molecule has 0 saturated carbocycles. The molecule has 12 heteroatoms. The molecule has 30 heavy (non-hydrogen) atoms. The minimum absolute atomic E-state index is 0.00835. The molecule has 0 aromatic rings. The Morgan fingerprint density at radius 1 is 0.767 bits per heavy atom. The van der Waals surface area contributed by atoms with Crippen molar-refractivity contribution >= 4 is 50.4 Å². The molecule has 3 heterocycles. The van der Waals surface area contributed by atoms with Crippen molar-refractivity contribution in [3.05, 3.63) is 0 Å². The van der Waals surface area contributed by atoms with Gasteiger partial charge in [-0.3, -0.25) is 0 Å². The molecule has 3 aliphatic rings. The van der Waals surface area contributed by atoms with Crippen LogP contribution in [0.5, 0.6) is 0 Å². The van der Waals surface area contributed by atoms with Crippen molar-refractivity contribution in [2.24, 2.45) is 0 Å². The second kappa shape index (κ2) is 13.2. The predicted octanol–water partition coefficient (Wildman–Crippen LogP) is 1.41. The number of ether oxygens (including phenoxy) is 3. The van der Waals surface area contributed by atoms with Crippen LogP contribution >= 0.6 is 26.9 Å². The molecule has 0 aliphatic carbocycles. The molecule has 6 nitrogen and oxygen atoms in total. The maximum atomic E-state index is 10.1. The Labute approximate surface area is 190 Å². The summed E-state index contributed by atoms with van der Waals surface area (Å²) in [7, 11) is 20.5. The van der Waals surface area contributed by atoms with Crippen LogP contribution in [0.1, 0.15) is 19.3 Å². The molecule has 1 N–H and O–H groups in total. The average molecular weight is 470 g/mol. The van der Waals surface area contributed by atoms with E-state index in [-0.39, 0.29) is 57.6 Å². The van der Waals surface area contributed by atoms with Gasteiger partial charge in [-0.15, -0.1) is 9.24 Å². The fraction of sp³-hybridized carbons (Fsp3) is 1.00. The van der Waals surface area contributed by atoms with E-state index in [1.165, 1.54) is 0 Å². The van der Waals surface area contributed by atoms with Crippen molar-refractivity contribution in [2.75, 3.05) is 18.5 Å². The van der Waals surface area contributed by atoms with E-state index in [1.807, 2.05) is 0 Å². The van der Waals surface area contributed by atoms with Gasteiger partial charge in [0.25, 0.3) is 0 Å². The van der Waals surface area contributed by atoms with Crippen LogP contribution in [0.15, 0.2) is 0 Å². The molecule has 0 aromatic heterocycles. The fourth-order valence-electron chi connectivity index (χ4n) is 4.17. The lowest BCUT2D eigenvalue weighted by Crippen LogP contribution is -2.27. The van der Waals surface area contributed by atoms with Gasteiger partial charge in [-0.25, -0.2) is 0 Å². The molecule has 12 unspecified atom stereocenters. The highest BCUT2D eigenvalue weighted by Gasteiger charge is 2.38. The van der Waals surface area contributed by atoms with Gasteiger partial charge in [-0.05, 0) is 6.16 Å². The summed E-state index contributed by atoms with van der Waals surface area (Å²) in [5, 5.41) is 10.1. The monoisotopic (exact) mass is 470 g/mol. The Hall–Kier alpha value is 1.24. The molecule has 6 radical (unpaired) electrons. The number of aliphatic hydroxyl groups excluding tert-OH is 1. The minimum Gasteiger partial charge on any atom is -0.390 e. The van der Waals surface area contributed by atoms with Gasteiger partial charge in [0.1, 0.15) is 0 Å². The first kappa shape index (κ1) is 25.9. The standard InChI is InChI=1S/C18H32B3O6P3/c19-4-10-1-13(22)17(24-10)8-29-27-15-3-12(6-21)25-18(15)9-30-26-14-2-11(5-20)23-16(14)7-28/h10-18,22,29-30H,1-9,28H2. The number of aliphatic hydroxyl groups is 1. The van der Waals surface area contributed by atoms with Crippen LogP contribution in [0.25, 0.3) is 0 Å². The van der Waals surface area contributed by atoms with Crippen LogP contribution in [-0.4, -0.2) is 102 Å². The van der Waals surface area contributed by atoms with Gasteiger partial charge in [0, 0.05) is 49.2 Å². The van der Waals surface area contributed by atoms with Crippen LogP contribution in [0.3, 0.4) is 0 Å². The highest BCUT2D eigenvalue weighted by Crippen LogP contribution is 2.37. The van der Waals surface area contributed by atoms with E-state index in [9.17, 15) is 5.11 Å². The lowest BCUT2D eigenvalue weighted by molar-refractivity contribution is 0.0269. The Kier molecular flexibility index (Phi) is 11.4. The number of rotatable bonds is 12. The van der Waals surface area contributed by atoms with Crippen molar-refractivity contribution in [3.63, 3.8) is 0 Å². The summed E-state index contributed by atoms with van der Waals surface area (Å²) in [5.74, 6) is 0. The van der Waals surface area contributed by atoms with Gasteiger partial charge < -0.3 is 28.4 Å². The third-order valence-corrected chi connectivity index (χ3v) is 8.46. The van der Waals surface area contributed by atoms with Crippen LogP contribution < -0.4 is 0 Å². The SMILES string of the molecule is [B]CC1CC(O)C(CPOC2CC(C[B])OC2CPOC2CC(C[B])OC2CP)O1. The molecule has 0 aromatic carbocycles. The van der Waals surface area contributed by atoms with Crippen LogP contribution in [0.4, 0.5) is 0 Å². The van der Waals surface area contributed by atoms with E-state index in [2.05, 4.69) is 9.24 Å². The Balaban J connectivity index is 1.40. The number of hydrogen-bond acceptors (Lipinski definition) is 6. The Morgan fingerprint density at radius 2 is 1.23 bits per heavy atom. The zero-order chi connectivity index (χ0) is 21.5. The lowest BCUT2D eigenvalue weighted by Gasteiger charge is -2.22. The quantitative estimate of drug-likeness (QED) is 0.344. The molecule has 3 aliphatic heterocycles. The van der Waals surface area contributed by atoms with Crippen molar-refractivity contribution in [1.29, 1.82) is 0 Å². The largest absolute Gasteiger partial charge is 0.390 e. The van der Waals surface area contributed by atoms with Gasteiger partial charge in [-0.2, -0.15) is 0 Å². The summed E-state index contributed by atoms with van der Waals surface area (Å²) in [6.45, 7) is 0. The van der Waals surface area contributed by atoms with Crippen molar-refractivity contribution in [3.8, 4) is 0 Å². The third-order valence-electron chi connectivity index (χ3n) is 5.91. The van der Waals surface area contributed by atoms with Crippen molar-refractivity contribution in [2.45, 2.75) is 93.2 Å². The zero-order valence-electron chi connectivity index (χ0n) is 17.4. The van der Waals surface area contributed by atoms with E-state index >= 15 is 0 Å². The van der Waals surface area contributed by atoms with Gasteiger partial charge >= 0.3 is 0 Å². The summed E-state index contributed by atoms with van der Waals surface area (Å²) in [5.41, 5.74) is 0. The maximum Gasteiger partial charge on any atom is 0.0904 e. The normalized spacial score (nSPS) is 42.4. The molecule has 0 bridgehead atoms. The van der Waals surface area contributed by atoms with Gasteiger partial charge in [0.05, 0.1) is 78.5 Å². The average Bonchev–Trinajstić information content (AvgIpc) is 3.45. The summed E-state index contributed by atoms with van der Waals surface area (Å²) in [6, 6.07) is 0. The van der Waals surface area contributed by atoms with Gasteiger partial charge in [-0.1, -0.05) is 19.0 Å². The molecule has 0 spiro atoms. The summed E-state index contributed by atoms with van der Waals surface area (Å²) in [4.78, 5) is 0. The van der Waals surface area contributed by atoms with Crippen LogP contribution in [-0.2, 0) is 23.3 Å². The second-order valence-electron chi connectivity index (χ2n) is 8.12. The van der Waals surface area contributed by atoms with E-state index in [4.69, 9.17) is 46.8 Å². The Bertz CT molecular complexity index is 514. The first-order valence-corrected chi connectivity index (χ1v) is 13.8. The second-order valence-corrected chi connectivity index (χ2v) is 10.5. The van der Waals surface area contributed by atoms with E-state index in [1.54, 1.807) is 0 Å². The van der Waals surface area contributed by atoms with E-state index in [0.29, 0.717) is 40.4 Å². The summed E-state index contributed by atoms with van der Waals surface area (Å²) in [6.07, 6.45) is 5.46. The van der Waals surface area contributed by atoms with Crippen LogP contribution in [0.2, 0.25) is 19.0 Å². The summed E-state index contributed by atoms with van der Waals surface area (Å²) < 4.78 is 30.1. The van der Waals surface area contributed by atoms with E-state index < -0.39 is 6.10 Å². The Morgan fingerprint density at radius 3 is 1.77 bits per heavy atom. The first-order valence-electron chi connectivity index (χ1n) is 10.8. The van der Waals surface area contributed by atoms with E-state index in [0.717, 1.165) is 25.2 Å². The minimum atomic E-state index is -0.465. The molecule has 3 saturated heterocycles. The predicted molar refractivity (Wildman–Crippen MR) is 128 cm³/mol. The first-order chi connectivity index (χ1) is 14.6. The molecule has 164 valence electrons. The zero-order valence-corrected chi connectivity index (χ0v) is 20.5. The maximum absolute atomic E-state index is 10.1. The lowest BCUT2D eigenvalue weighted by atomic mass is 9.97. The highest BCUT2D eigenvalue weighted by atomic mass is 31.1. The van der Waals surface area contributed by atoms with Gasteiger partial charge in [0.15, 0.2) is 0 Å². The smallest absolute Gasteiger partial charge is 0.0904 e. The molecule has 0 amide bonds. The molecule has 12 atom stereocenters. The van der Waals surface area contributed by atoms with Crippen molar-refractivity contribution < 1.29 is 28.4 Å².